The number of methoxy groups -OCH3 is 1. The lowest BCUT2D eigenvalue weighted by atomic mass is 10.0. The van der Waals surface area contributed by atoms with E-state index in [1.807, 2.05) is 62.4 Å². The van der Waals surface area contributed by atoms with Gasteiger partial charge in [-0.05, 0) is 42.7 Å². The Morgan fingerprint density at radius 3 is 2.47 bits per heavy atom. The first-order valence-electron chi connectivity index (χ1n) is 9.42. The number of hydrogen-bond donors (Lipinski definition) is 1. The molecule has 0 unspecified atom stereocenters. The molecule has 0 radical (unpaired) electrons. The van der Waals surface area contributed by atoms with Crippen LogP contribution in [0.25, 0.3) is 11.1 Å². The lowest BCUT2D eigenvalue weighted by Gasteiger charge is -2.11. The minimum Gasteiger partial charge on any atom is -0.483 e. The van der Waals surface area contributed by atoms with Gasteiger partial charge >= 0.3 is 5.97 Å². The van der Waals surface area contributed by atoms with Crippen molar-refractivity contribution in [1.82, 2.24) is 0 Å². The first-order valence-corrected chi connectivity index (χ1v) is 11.0. The number of amides is 1. The topological polar surface area (TPSA) is 64.6 Å². The van der Waals surface area contributed by atoms with Crippen LogP contribution in [0, 0.1) is 6.92 Å². The van der Waals surface area contributed by atoms with Crippen molar-refractivity contribution < 1.29 is 19.1 Å². The number of hydrogen-bond acceptors (Lipinski definition) is 5. The van der Waals surface area contributed by atoms with Crippen molar-refractivity contribution in [3.05, 3.63) is 69.0 Å². The van der Waals surface area contributed by atoms with E-state index in [1.165, 1.54) is 18.4 Å². The van der Waals surface area contributed by atoms with Crippen LogP contribution in [-0.2, 0) is 16.0 Å². The Morgan fingerprint density at radius 1 is 1.10 bits per heavy atom. The Bertz CT molecular complexity index is 1060. The molecule has 1 aromatic heterocycles. The Balaban J connectivity index is 1.85. The fourth-order valence-electron chi connectivity index (χ4n) is 3.14. The molecule has 3 rings (SSSR count). The standard InChI is InChI=1S/C23H22BrNO4S/c1-4-15-7-5-6-8-18(15)29-13-19(26)25-22-21(23(27)28-3)20(14(2)30-22)16-9-11-17(24)12-10-16/h5-12H,4,13H2,1-3H3,(H,25,26). The molecular formula is C23H22BrNO4S. The van der Waals surface area contributed by atoms with Gasteiger partial charge in [-0.15, -0.1) is 11.3 Å². The van der Waals surface area contributed by atoms with Gasteiger partial charge < -0.3 is 14.8 Å². The van der Waals surface area contributed by atoms with E-state index in [-0.39, 0.29) is 12.5 Å². The summed E-state index contributed by atoms with van der Waals surface area (Å²) in [6, 6.07) is 15.3. The van der Waals surface area contributed by atoms with E-state index in [4.69, 9.17) is 9.47 Å². The molecule has 0 spiro atoms. The van der Waals surface area contributed by atoms with E-state index in [0.29, 0.717) is 16.3 Å². The minimum atomic E-state index is -0.496. The molecular weight excluding hydrogens is 466 g/mol. The second-order valence-electron chi connectivity index (χ2n) is 6.53. The predicted molar refractivity (Wildman–Crippen MR) is 123 cm³/mol. The van der Waals surface area contributed by atoms with Crippen molar-refractivity contribution >= 4 is 44.1 Å². The molecule has 1 heterocycles. The highest BCUT2D eigenvalue weighted by Gasteiger charge is 2.25. The largest absolute Gasteiger partial charge is 0.483 e. The number of para-hydroxylation sites is 1. The smallest absolute Gasteiger partial charge is 0.341 e. The molecule has 0 saturated carbocycles. The number of esters is 1. The third-order valence-corrected chi connectivity index (χ3v) is 6.12. The van der Waals surface area contributed by atoms with Crippen molar-refractivity contribution in [1.29, 1.82) is 0 Å². The second kappa shape index (κ2) is 9.91. The van der Waals surface area contributed by atoms with Crippen LogP contribution < -0.4 is 10.1 Å². The van der Waals surface area contributed by atoms with Gasteiger partial charge in [0.05, 0.1) is 7.11 Å². The van der Waals surface area contributed by atoms with Gasteiger partial charge in [-0.2, -0.15) is 0 Å². The van der Waals surface area contributed by atoms with Crippen LogP contribution in [0.5, 0.6) is 5.75 Å². The number of thiophene rings is 1. The van der Waals surface area contributed by atoms with Crippen LogP contribution in [0.2, 0.25) is 0 Å². The molecule has 5 nitrogen and oxygen atoms in total. The summed E-state index contributed by atoms with van der Waals surface area (Å²) in [6.07, 6.45) is 0.810. The zero-order valence-electron chi connectivity index (χ0n) is 17.0. The van der Waals surface area contributed by atoms with Gasteiger partial charge in [0.15, 0.2) is 6.61 Å². The summed E-state index contributed by atoms with van der Waals surface area (Å²) in [5, 5.41) is 3.27. The molecule has 0 aliphatic carbocycles. The Labute approximate surface area is 188 Å². The molecule has 7 heteroatoms. The summed E-state index contributed by atoms with van der Waals surface area (Å²) in [5.41, 5.74) is 3.02. The molecule has 0 atom stereocenters. The van der Waals surface area contributed by atoms with Gasteiger partial charge in [-0.3, -0.25) is 4.79 Å². The third-order valence-electron chi connectivity index (χ3n) is 4.57. The van der Waals surface area contributed by atoms with Gasteiger partial charge in [-0.25, -0.2) is 4.79 Å². The minimum absolute atomic E-state index is 0.151. The molecule has 3 aromatic rings. The Kier molecular flexibility index (Phi) is 7.29. The first-order chi connectivity index (χ1) is 14.4. The van der Waals surface area contributed by atoms with Crippen molar-refractivity contribution in [2.75, 3.05) is 19.0 Å². The summed E-state index contributed by atoms with van der Waals surface area (Å²) in [7, 11) is 1.33. The maximum atomic E-state index is 12.6. The highest BCUT2D eigenvalue weighted by molar-refractivity contribution is 9.10. The van der Waals surface area contributed by atoms with E-state index in [9.17, 15) is 9.59 Å². The van der Waals surface area contributed by atoms with E-state index >= 15 is 0 Å². The van der Waals surface area contributed by atoms with Crippen LogP contribution in [0.4, 0.5) is 5.00 Å². The van der Waals surface area contributed by atoms with E-state index in [0.717, 1.165) is 32.5 Å². The zero-order valence-corrected chi connectivity index (χ0v) is 19.4. The number of rotatable bonds is 7. The SMILES string of the molecule is CCc1ccccc1OCC(=O)Nc1sc(C)c(-c2ccc(Br)cc2)c1C(=O)OC. The summed E-state index contributed by atoms with van der Waals surface area (Å²) >= 11 is 4.76. The molecule has 30 heavy (non-hydrogen) atoms. The number of nitrogens with one attached hydrogen (secondary N) is 1. The lowest BCUT2D eigenvalue weighted by molar-refractivity contribution is -0.118. The molecule has 0 saturated heterocycles. The van der Waals surface area contributed by atoms with E-state index in [2.05, 4.69) is 21.2 Å². The molecule has 0 aliphatic rings. The molecule has 2 aromatic carbocycles. The lowest BCUT2D eigenvalue weighted by Crippen LogP contribution is -2.21. The molecule has 0 aliphatic heterocycles. The highest BCUT2D eigenvalue weighted by Crippen LogP contribution is 2.40. The Hall–Kier alpha value is -2.64. The van der Waals surface area contributed by atoms with Gasteiger partial charge in [0.25, 0.3) is 5.91 Å². The van der Waals surface area contributed by atoms with Gasteiger partial charge in [0.1, 0.15) is 16.3 Å². The van der Waals surface area contributed by atoms with Crippen molar-refractivity contribution in [3.8, 4) is 16.9 Å². The van der Waals surface area contributed by atoms with Crippen molar-refractivity contribution in [3.63, 3.8) is 0 Å². The second-order valence-corrected chi connectivity index (χ2v) is 8.67. The first kappa shape index (κ1) is 22.1. The number of anilines is 1. The summed E-state index contributed by atoms with van der Waals surface area (Å²) in [5.74, 6) is -0.152. The van der Waals surface area contributed by atoms with Gasteiger partial charge in [0, 0.05) is 14.9 Å². The zero-order chi connectivity index (χ0) is 21.7. The van der Waals surface area contributed by atoms with Crippen LogP contribution >= 0.6 is 27.3 Å². The van der Waals surface area contributed by atoms with Crippen LogP contribution in [0.3, 0.4) is 0 Å². The van der Waals surface area contributed by atoms with E-state index in [1.54, 1.807) is 0 Å². The predicted octanol–water partition coefficient (Wildman–Crippen LogP) is 5.85. The third kappa shape index (κ3) is 4.91. The van der Waals surface area contributed by atoms with Crippen LogP contribution in [0.15, 0.2) is 53.0 Å². The molecule has 0 fully saturated rings. The fraction of sp³-hybridized carbons (Fsp3) is 0.217. The maximum absolute atomic E-state index is 12.6. The van der Waals surface area contributed by atoms with Gasteiger partial charge in [0.2, 0.25) is 0 Å². The number of aryl methyl sites for hydroxylation is 2. The number of halogens is 1. The van der Waals surface area contributed by atoms with E-state index < -0.39 is 5.97 Å². The number of benzene rings is 2. The molecule has 1 amide bonds. The number of carbonyl (C=O) groups is 2. The average Bonchev–Trinajstić information content (AvgIpc) is 3.07. The Morgan fingerprint density at radius 2 is 1.80 bits per heavy atom. The van der Waals surface area contributed by atoms with Crippen LogP contribution in [-0.4, -0.2) is 25.6 Å². The van der Waals surface area contributed by atoms with Gasteiger partial charge in [-0.1, -0.05) is 53.2 Å². The number of carbonyl (C=O) groups excluding carboxylic acids is 2. The maximum Gasteiger partial charge on any atom is 0.341 e. The van der Waals surface area contributed by atoms with Crippen molar-refractivity contribution in [2.45, 2.75) is 20.3 Å². The molecule has 156 valence electrons. The van der Waals surface area contributed by atoms with Crippen LogP contribution in [0.1, 0.15) is 27.7 Å². The monoisotopic (exact) mass is 487 g/mol. The summed E-state index contributed by atoms with van der Waals surface area (Å²) in [6.45, 7) is 3.79. The normalized spacial score (nSPS) is 10.5. The summed E-state index contributed by atoms with van der Waals surface area (Å²) in [4.78, 5) is 26.0. The number of ether oxygens (including phenoxy) is 2. The highest BCUT2D eigenvalue weighted by atomic mass is 79.9. The molecule has 1 N–H and O–H groups in total. The summed E-state index contributed by atoms with van der Waals surface area (Å²) < 4.78 is 11.6. The molecule has 0 bridgehead atoms. The van der Waals surface area contributed by atoms with Crippen molar-refractivity contribution in [2.24, 2.45) is 0 Å². The fourth-order valence-corrected chi connectivity index (χ4v) is 4.48. The quantitative estimate of drug-likeness (QED) is 0.424. The average molecular weight is 488 g/mol.